The molecule has 0 heterocycles. The number of benzene rings is 1. The minimum Gasteiger partial charge on any atom is -0.271 e. The molecule has 0 spiro atoms. The summed E-state index contributed by atoms with van der Waals surface area (Å²) in [5.41, 5.74) is 3.75. The maximum absolute atomic E-state index is 13.1. The van der Waals surface area contributed by atoms with Crippen molar-refractivity contribution in [2.45, 2.75) is 33.2 Å². The predicted molar refractivity (Wildman–Crippen MR) is 68.4 cm³/mol. The van der Waals surface area contributed by atoms with E-state index in [0.717, 1.165) is 10.0 Å². The van der Waals surface area contributed by atoms with Crippen LogP contribution >= 0.6 is 15.9 Å². The van der Waals surface area contributed by atoms with Gasteiger partial charge in [0, 0.05) is 10.5 Å². The summed E-state index contributed by atoms with van der Waals surface area (Å²) in [6.07, 6.45) is 0.693. The highest BCUT2D eigenvalue weighted by molar-refractivity contribution is 9.10. The highest BCUT2D eigenvalue weighted by Gasteiger charge is 2.24. The van der Waals surface area contributed by atoms with E-state index in [0.29, 0.717) is 6.42 Å². The molecule has 1 rings (SSSR count). The lowest BCUT2D eigenvalue weighted by atomic mass is 9.83. The summed E-state index contributed by atoms with van der Waals surface area (Å²) in [5.74, 6) is 5.32. The van der Waals surface area contributed by atoms with Crippen LogP contribution in [0.5, 0.6) is 0 Å². The number of rotatable bonds is 3. The van der Waals surface area contributed by atoms with Crippen molar-refractivity contribution in [1.29, 1.82) is 0 Å². The van der Waals surface area contributed by atoms with Crippen LogP contribution in [0.1, 0.15) is 26.3 Å². The minimum atomic E-state index is -0.220. The molecule has 1 aromatic carbocycles. The molecule has 0 aliphatic rings. The van der Waals surface area contributed by atoms with Crippen LogP contribution in [-0.4, -0.2) is 6.04 Å². The van der Waals surface area contributed by atoms with E-state index in [1.807, 2.05) is 0 Å². The molecule has 1 aromatic rings. The lowest BCUT2D eigenvalue weighted by Gasteiger charge is -2.30. The molecule has 90 valence electrons. The molecule has 3 N–H and O–H groups in total. The molecule has 2 nitrogen and oxygen atoms in total. The van der Waals surface area contributed by atoms with Gasteiger partial charge in [-0.25, -0.2) is 4.39 Å². The first-order chi connectivity index (χ1) is 7.34. The molecule has 1 atom stereocenters. The molecule has 0 radical (unpaired) electrons. The third-order valence-corrected chi connectivity index (χ3v) is 3.45. The first-order valence-corrected chi connectivity index (χ1v) is 6.04. The third kappa shape index (κ3) is 3.54. The molecule has 0 fully saturated rings. The summed E-state index contributed by atoms with van der Waals surface area (Å²) in [6, 6.07) is 4.81. The second-order valence-corrected chi connectivity index (χ2v) is 5.88. The van der Waals surface area contributed by atoms with Crippen molar-refractivity contribution in [1.82, 2.24) is 5.43 Å². The van der Waals surface area contributed by atoms with Crippen molar-refractivity contribution in [3.63, 3.8) is 0 Å². The smallest absolute Gasteiger partial charge is 0.123 e. The highest BCUT2D eigenvalue weighted by Crippen LogP contribution is 2.26. The van der Waals surface area contributed by atoms with E-state index < -0.39 is 0 Å². The van der Waals surface area contributed by atoms with Gasteiger partial charge in [0.05, 0.1) is 0 Å². The summed E-state index contributed by atoms with van der Waals surface area (Å²) < 4.78 is 14.0. The molecular formula is C12H18BrFN2. The van der Waals surface area contributed by atoms with Gasteiger partial charge in [0.25, 0.3) is 0 Å². The molecule has 0 bridgehead atoms. The Balaban J connectivity index is 2.90. The maximum Gasteiger partial charge on any atom is 0.123 e. The fraction of sp³-hybridized carbons (Fsp3) is 0.500. The monoisotopic (exact) mass is 288 g/mol. The van der Waals surface area contributed by atoms with Crippen LogP contribution in [0.2, 0.25) is 0 Å². The lowest BCUT2D eigenvalue weighted by molar-refractivity contribution is 0.268. The Kier molecular flexibility index (Phi) is 4.47. The fourth-order valence-electron chi connectivity index (χ4n) is 1.53. The van der Waals surface area contributed by atoms with Crippen molar-refractivity contribution in [2.24, 2.45) is 11.3 Å². The minimum absolute atomic E-state index is 0.0283. The number of nitrogens with one attached hydrogen (secondary N) is 1. The van der Waals surface area contributed by atoms with Gasteiger partial charge >= 0.3 is 0 Å². The van der Waals surface area contributed by atoms with Crippen LogP contribution in [-0.2, 0) is 6.42 Å². The largest absolute Gasteiger partial charge is 0.271 e. The first kappa shape index (κ1) is 13.6. The van der Waals surface area contributed by atoms with Crippen molar-refractivity contribution in [2.75, 3.05) is 0 Å². The average Bonchev–Trinajstić information content (AvgIpc) is 2.17. The Morgan fingerprint density at radius 2 is 2.06 bits per heavy atom. The van der Waals surface area contributed by atoms with Crippen molar-refractivity contribution < 1.29 is 4.39 Å². The number of halogens is 2. The zero-order valence-corrected chi connectivity index (χ0v) is 11.4. The number of hydrogen-bond acceptors (Lipinski definition) is 2. The molecule has 0 saturated heterocycles. The molecule has 0 saturated carbocycles. The van der Waals surface area contributed by atoms with Gasteiger partial charge in [0.15, 0.2) is 0 Å². The zero-order valence-electron chi connectivity index (χ0n) is 9.85. The van der Waals surface area contributed by atoms with E-state index in [2.05, 4.69) is 42.1 Å². The Morgan fingerprint density at radius 3 is 2.56 bits per heavy atom. The van der Waals surface area contributed by atoms with Crippen LogP contribution < -0.4 is 11.3 Å². The molecule has 16 heavy (non-hydrogen) atoms. The van der Waals surface area contributed by atoms with E-state index >= 15 is 0 Å². The van der Waals surface area contributed by atoms with Crippen LogP contribution in [0.3, 0.4) is 0 Å². The standard InChI is InChI=1S/C12H18BrFN2/c1-12(2,3)11(16-15)7-8-6-9(14)4-5-10(8)13/h4-6,11,16H,7,15H2,1-3H3. The van der Waals surface area contributed by atoms with E-state index in [4.69, 9.17) is 5.84 Å². The van der Waals surface area contributed by atoms with Gasteiger partial charge in [-0.15, -0.1) is 0 Å². The molecule has 0 aliphatic carbocycles. The maximum atomic E-state index is 13.1. The Labute approximate surface area is 105 Å². The summed E-state index contributed by atoms with van der Waals surface area (Å²) in [6.45, 7) is 6.31. The zero-order chi connectivity index (χ0) is 12.3. The molecular weight excluding hydrogens is 271 g/mol. The Bertz CT molecular complexity index is 361. The van der Waals surface area contributed by atoms with Gasteiger partial charge in [-0.1, -0.05) is 36.7 Å². The van der Waals surface area contributed by atoms with Crippen molar-refractivity contribution in [3.05, 3.63) is 34.1 Å². The van der Waals surface area contributed by atoms with Gasteiger partial charge in [-0.3, -0.25) is 11.3 Å². The quantitative estimate of drug-likeness (QED) is 0.663. The van der Waals surface area contributed by atoms with Crippen LogP contribution in [0, 0.1) is 11.2 Å². The van der Waals surface area contributed by atoms with Gasteiger partial charge in [0.2, 0.25) is 0 Å². The number of nitrogens with two attached hydrogens (primary N) is 1. The topological polar surface area (TPSA) is 38.0 Å². The first-order valence-electron chi connectivity index (χ1n) is 5.24. The molecule has 0 amide bonds. The Hall–Kier alpha value is -0.450. The second kappa shape index (κ2) is 5.25. The summed E-state index contributed by atoms with van der Waals surface area (Å²) in [7, 11) is 0. The highest BCUT2D eigenvalue weighted by atomic mass is 79.9. The lowest BCUT2D eigenvalue weighted by Crippen LogP contribution is -2.45. The molecule has 0 aliphatic heterocycles. The number of hydrogen-bond donors (Lipinski definition) is 2. The third-order valence-electron chi connectivity index (χ3n) is 2.68. The van der Waals surface area contributed by atoms with Crippen molar-refractivity contribution in [3.8, 4) is 0 Å². The van der Waals surface area contributed by atoms with Crippen LogP contribution in [0.25, 0.3) is 0 Å². The SMILES string of the molecule is CC(C)(C)C(Cc1cc(F)ccc1Br)NN. The van der Waals surface area contributed by atoms with E-state index in [-0.39, 0.29) is 17.3 Å². The van der Waals surface area contributed by atoms with Gasteiger partial charge < -0.3 is 0 Å². The van der Waals surface area contributed by atoms with Crippen LogP contribution in [0.4, 0.5) is 4.39 Å². The van der Waals surface area contributed by atoms with Crippen molar-refractivity contribution >= 4 is 15.9 Å². The normalized spacial score (nSPS) is 13.9. The average molecular weight is 289 g/mol. The fourth-order valence-corrected chi connectivity index (χ4v) is 1.94. The number of hydrazine groups is 1. The van der Waals surface area contributed by atoms with Crippen LogP contribution in [0.15, 0.2) is 22.7 Å². The van der Waals surface area contributed by atoms with E-state index in [1.165, 1.54) is 6.07 Å². The molecule has 0 aromatic heterocycles. The van der Waals surface area contributed by atoms with E-state index in [9.17, 15) is 4.39 Å². The Morgan fingerprint density at radius 1 is 1.44 bits per heavy atom. The second-order valence-electron chi connectivity index (χ2n) is 5.03. The van der Waals surface area contributed by atoms with Gasteiger partial charge in [0.1, 0.15) is 5.82 Å². The summed E-state index contributed by atoms with van der Waals surface area (Å²) in [5, 5.41) is 0. The van der Waals surface area contributed by atoms with E-state index in [1.54, 1.807) is 12.1 Å². The summed E-state index contributed by atoms with van der Waals surface area (Å²) >= 11 is 3.42. The summed E-state index contributed by atoms with van der Waals surface area (Å²) in [4.78, 5) is 0. The molecule has 4 heteroatoms. The van der Waals surface area contributed by atoms with Gasteiger partial charge in [-0.2, -0.15) is 0 Å². The van der Waals surface area contributed by atoms with Gasteiger partial charge in [-0.05, 0) is 35.6 Å². The predicted octanol–water partition coefficient (Wildman–Crippen LogP) is 3.01. The molecule has 1 unspecified atom stereocenters.